The van der Waals surface area contributed by atoms with Crippen molar-refractivity contribution in [2.24, 2.45) is 5.41 Å². The number of nitrogens with zero attached hydrogens (tertiary/aromatic N) is 1. The maximum atomic E-state index is 12.6. The zero-order valence-electron chi connectivity index (χ0n) is 11.7. The predicted molar refractivity (Wildman–Crippen MR) is 71.4 cm³/mol. The molecule has 2 fully saturated rings. The van der Waals surface area contributed by atoms with E-state index in [2.05, 4.69) is 12.2 Å². The molecule has 1 aliphatic heterocycles. The van der Waals surface area contributed by atoms with Crippen LogP contribution in [-0.4, -0.2) is 50.2 Å². The van der Waals surface area contributed by atoms with E-state index in [4.69, 9.17) is 4.74 Å². The van der Waals surface area contributed by atoms with Crippen molar-refractivity contribution in [1.29, 1.82) is 0 Å². The Labute approximate surface area is 110 Å². The predicted octanol–water partition coefficient (Wildman–Crippen LogP) is 1.40. The van der Waals surface area contributed by atoms with Crippen LogP contribution in [0.15, 0.2) is 0 Å². The highest BCUT2D eigenvalue weighted by Gasteiger charge is 2.41. The summed E-state index contributed by atoms with van der Waals surface area (Å²) >= 11 is 0. The molecule has 1 aliphatic carbocycles. The third kappa shape index (κ3) is 2.86. The van der Waals surface area contributed by atoms with Gasteiger partial charge in [-0.05, 0) is 19.3 Å². The van der Waals surface area contributed by atoms with Crippen LogP contribution >= 0.6 is 0 Å². The Bertz CT molecular complexity index is 282. The summed E-state index contributed by atoms with van der Waals surface area (Å²) in [5.41, 5.74) is -0.0726. The number of rotatable bonds is 4. The quantitative estimate of drug-likeness (QED) is 0.824. The minimum Gasteiger partial charge on any atom is -0.374 e. The lowest BCUT2D eigenvalue weighted by molar-refractivity contribution is -0.143. The van der Waals surface area contributed by atoms with Crippen LogP contribution in [0.25, 0.3) is 0 Å². The summed E-state index contributed by atoms with van der Waals surface area (Å²) < 4.78 is 5.67. The highest BCUT2D eigenvalue weighted by Crippen LogP contribution is 2.42. The topological polar surface area (TPSA) is 41.6 Å². The Balaban J connectivity index is 1.90. The molecule has 1 saturated heterocycles. The molecule has 4 nitrogen and oxygen atoms in total. The second-order valence-corrected chi connectivity index (χ2v) is 5.72. The van der Waals surface area contributed by atoms with Crippen LogP contribution in [0.1, 0.15) is 39.0 Å². The number of hydrogen-bond acceptors (Lipinski definition) is 3. The van der Waals surface area contributed by atoms with Gasteiger partial charge in [0.05, 0.1) is 12.7 Å². The van der Waals surface area contributed by atoms with E-state index in [0.717, 1.165) is 39.0 Å². The van der Waals surface area contributed by atoms with Crippen LogP contribution in [0, 0.1) is 5.41 Å². The number of ether oxygens (including phenoxy) is 1. The van der Waals surface area contributed by atoms with E-state index in [1.165, 1.54) is 12.8 Å². The first-order chi connectivity index (χ1) is 8.68. The number of carbonyl (C=O) groups is 1. The van der Waals surface area contributed by atoms with Gasteiger partial charge in [-0.2, -0.15) is 0 Å². The van der Waals surface area contributed by atoms with Gasteiger partial charge in [0.25, 0.3) is 0 Å². The molecular formula is C14H26N2O2. The summed E-state index contributed by atoms with van der Waals surface area (Å²) in [6, 6.07) is 0. The fourth-order valence-electron chi connectivity index (χ4n) is 3.30. The highest BCUT2D eigenvalue weighted by atomic mass is 16.5. The number of morpholine rings is 1. The molecule has 0 aromatic rings. The lowest BCUT2D eigenvalue weighted by Crippen LogP contribution is -2.48. The van der Waals surface area contributed by atoms with Crippen molar-refractivity contribution in [1.82, 2.24) is 10.2 Å². The maximum absolute atomic E-state index is 12.6. The Morgan fingerprint density at radius 2 is 2.17 bits per heavy atom. The van der Waals surface area contributed by atoms with Gasteiger partial charge in [-0.1, -0.05) is 19.8 Å². The third-order valence-electron chi connectivity index (χ3n) is 4.52. The molecule has 0 aromatic carbocycles. The number of likely N-dealkylation sites (N-methyl/N-ethyl adjacent to an activating group) is 1. The third-order valence-corrected chi connectivity index (χ3v) is 4.52. The number of nitrogens with one attached hydrogen (secondary N) is 1. The fourth-order valence-corrected chi connectivity index (χ4v) is 3.30. The zero-order chi connectivity index (χ0) is 13.0. The van der Waals surface area contributed by atoms with Crippen LogP contribution in [-0.2, 0) is 9.53 Å². The molecule has 1 atom stereocenters. The van der Waals surface area contributed by atoms with E-state index in [-0.39, 0.29) is 11.5 Å². The van der Waals surface area contributed by atoms with Crippen LogP contribution < -0.4 is 5.32 Å². The average molecular weight is 254 g/mol. The monoisotopic (exact) mass is 254 g/mol. The van der Waals surface area contributed by atoms with Gasteiger partial charge in [0.1, 0.15) is 0 Å². The SMILES string of the molecule is CCC1(C(=O)N(C)CC2CNCCO2)CCCC1. The molecule has 0 radical (unpaired) electrons. The second kappa shape index (κ2) is 6.02. The van der Waals surface area contributed by atoms with Gasteiger partial charge >= 0.3 is 0 Å². The number of amides is 1. The number of carbonyl (C=O) groups excluding carboxylic acids is 1. The summed E-state index contributed by atoms with van der Waals surface area (Å²) in [6.07, 6.45) is 5.67. The van der Waals surface area contributed by atoms with Crippen molar-refractivity contribution >= 4 is 5.91 Å². The molecule has 0 bridgehead atoms. The molecule has 1 amide bonds. The summed E-state index contributed by atoms with van der Waals surface area (Å²) in [4.78, 5) is 14.5. The molecule has 1 heterocycles. The lowest BCUT2D eigenvalue weighted by atomic mass is 9.82. The first-order valence-corrected chi connectivity index (χ1v) is 7.26. The van der Waals surface area contributed by atoms with Crippen molar-refractivity contribution in [3.63, 3.8) is 0 Å². The fraction of sp³-hybridized carbons (Fsp3) is 0.929. The Hall–Kier alpha value is -0.610. The Morgan fingerprint density at radius 1 is 1.44 bits per heavy atom. The molecule has 4 heteroatoms. The molecule has 2 aliphatic rings. The van der Waals surface area contributed by atoms with Crippen molar-refractivity contribution in [2.45, 2.75) is 45.1 Å². The summed E-state index contributed by atoms with van der Waals surface area (Å²) in [6.45, 7) is 5.40. The molecule has 0 spiro atoms. The average Bonchev–Trinajstić information content (AvgIpc) is 2.89. The minimum atomic E-state index is -0.0726. The van der Waals surface area contributed by atoms with E-state index in [9.17, 15) is 4.79 Å². The zero-order valence-corrected chi connectivity index (χ0v) is 11.7. The van der Waals surface area contributed by atoms with E-state index in [1.54, 1.807) is 0 Å². The summed E-state index contributed by atoms with van der Waals surface area (Å²) in [7, 11) is 1.93. The van der Waals surface area contributed by atoms with Crippen LogP contribution in [0.3, 0.4) is 0 Å². The molecule has 2 rings (SSSR count). The van der Waals surface area contributed by atoms with Crippen LogP contribution in [0.2, 0.25) is 0 Å². The van der Waals surface area contributed by atoms with Gasteiger partial charge < -0.3 is 15.0 Å². The lowest BCUT2D eigenvalue weighted by Gasteiger charge is -2.34. The van der Waals surface area contributed by atoms with Crippen molar-refractivity contribution in [3.8, 4) is 0 Å². The molecule has 18 heavy (non-hydrogen) atoms. The minimum absolute atomic E-state index is 0.0726. The second-order valence-electron chi connectivity index (χ2n) is 5.72. The summed E-state index contributed by atoms with van der Waals surface area (Å²) in [5, 5.41) is 3.31. The first kappa shape index (κ1) is 13.8. The van der Waals surface area contributed by atoms with Crippen molar-refractivity contribution < 1.29 is 9.53 Å². The maximum Gasteiger partial charge on any atom is 0.228 e. The molecule has 104 valence electrons. The highest BCUT2D eigenvalue weighted by molar-refractivity contribution is 5.82. The first-order valence-electron chi connectivity index (χ1n) is 7.26. The Morgan fingerprint density at radius 3 is 2.72 bits per heavy atom. The van der Waals surface area contributed by atoms with E-state index < -0.39 is 0 Å². The van der Waals surface area contributed by atoms with Gasteiger partial charge in [0.15, 0.2) is 0 Å². The molecular weight excluding hydrogens is 228 g/mol. The molecule has 1 saturated carbocycles. The molecule has 1 unspecified atom stereocenters. The Kier molecular flexibility index (Phi) is 4.62. The van der Waals surface area contributed by atoms with Gasteiger partial charge in [0, 0.05) is 32.1 Å². The number of hydrogen-bond donors (Lipinski definition) is 1. The van der Waals surface area contributed by atoms with Crippen molar-refractivity contribution in [2.75, 3.05) is 33.3 Å². The van der Waals surface area contributed by atoms with Gasteiger partial charge in [-0.15, -0.1) is 0 Å². The van der Waals surface area contributed by atoms with Crippen molar-refractivity contribution in [3.05, 3.63) is 0 Å². The van der Waals surface area contributed by atoms with Crippen LogP contribution in [0.5, 0.6) is 0 Å². The van der Waals surface area contributed by atoms with Gasteiger partial charge in [0.2, 0.25) is 5.91 Å². The van der Waals surface area contributed by atoms with E-state index in [1.807, 2.05) is 11.9 Å². The molecule has 0 aromatic heterocycles. The smallest absolute Gasteiger partial charge is 0.228 e. The van der Waals surface area contributed by atoms with Crippen LogP contribution in [0.4, 0.5) is 0 Å². The van der Waals surface area contributed by atoms with E-state index in [0.29, 0.717) is 12.5 Å². The standard InChI is InChI=1S/C14H26N2O2/c1-3-14(6-4-5-7-14)13(17)16(2)11-12-10-15-8-9-18-12/h12,15H,3-11H2,1-2H3. The normalized spacial score (nSPS) is 27.1. The van der Waals surface area contributed by atoms with E-state index >= 15 is 0 Å². The largest absolute Gasteiger partial charge is 0.374 e. The van der Waals surface area contributed by atoms with Gasteiger partial charge in [-0.25, -0.2) is 0 Å². The van der Waals surface area contributed by atoms with Gasteiger partial charge in [-0.3, -0.25) is 4.79 Å². The molecule has 1 N–H and O–H groups in total. The summed E-state index contributed by atoms with van der Waals surface area (Å²) in [5.74, 6) is 0.330.